The molecule has 218 valence electrons. The largest absolute Gasteiger partial charge is 0.496 e. The van der Waals surface area contributed by atoms with Crippen LogP contribution in [0.3, 0.4) is 0 Å². The normalized spacial score (nSPS) is 13.5. The molecule has 4 aromatic rings. The first-order chi connectivity index (χ1) is 20.3. The van der Waals surface area contributed by atoms with Gasteiger partial charge in [-0.3, -0.25) is 9.59 Å². The number of nitrogens with one attached hydrogen (secondary N) is 2. The summed E-state index contributed by atoms with van der Waals surface area (Å²) < 4.78 is 34.0. The predicted molar refractivity (Wildman–Crippen MR) is 163 cm³/mol. The predicted octanol–water partition coefficient (Wildman–Crippen LogP) is 7.34. The van der Waals surface area contributed by atoms with Crippen molar-refractivity contribution in [1.29, 1.82) is 0 Å². The lowest BCUT2D eigenvalue weighted by molar-refractivity contribution is -0.131. The van der Waals surface area contributed by atoms with Gasteiger partial charge in [0.25, 0.3) is 0 Å². The van der Waals surface area contributed by atoms with Crippen molar-refractivity contribution in [2.45, 2.75) is 50.5 Å². The Morgan fingerprint density at radius 3 is 2.17 bits per heavy atom. The highest BCUT2D eigenvalue weighted by molar-refractivity contribution is 7.98. The van der Waals surface area contributed by atoms with Gasteiger partial charge in [0, 0.05) is 16.8 Å². The second kappa shape index (κ2) is 12.5. The van der Waals surface area contributed by atoms with E-state index in [0.29, 0.717) is 36.9 Å². The number of benzene rings is 3. The van der Waals surface area contributed by atoms with Crippen molar-refractivity contribution in [2.24, 2.45) is 5.41 Å². The van der Waals surface area contributed by atoms with Gasteiger partial charge >= 0.3 is 0 Å². The summed E-state index contributed by atoms with van der Waals surface area (Å²) >= 11 is 1.57. The SMILES string of the molecule is CCCc1cc2nc(SC)cc(CCc3ccc(NC(=O)C4(C(=O)Nc5ccc(F)cc5)CC4)cc3F)c2cc1OC. The van der Waals surface area contributed by atoms with Crippen LogP contribution in [0.4, 0.5) is 20.2 Å². The number of thioether (sulfide) groups is 1. The van der Waals surface area contributed by atoms with Crippen LogP contribution < -0.4 is 15.4 Å². The van der Waals surface area contributed by atoms with Crippen LogP contribution in [-0.2, 0) is 28.9 Å². The van der Waals surface area contributed by atoms with Gasteiger partial charge in [0.15, 0.2) is 0 Å². The Morgan fingerprint density at radius 1 is 0.881 bits per heavy atom. The van der Waals surface area contributed by atoms with Crippen LogP contribution in [0.2, 0.25) is 0 Å². The highest BCUT2D eigenvalue weighted by Gasteiger charge is 2.56. The van der Waals surface area contributed by atoms with Gasteiger partial charge in [-0.1, -0.05) is 19.4 Å². The molecule has 42 heavy (non-hydrogen) atoms. The van der Waals surface area contributed by atoms with E-state index in [4.69, 9.17) is 9.72 Å². The number of aromatic nitrogens is 1. The summed E-state index contributed by atoms with van der Waals surface area (Å²) in [6.45, 7) is 2.13. The number of methoxy groups -OCH3 is 1. The van der Waals surface area contributed by atoms with Crippen molar-refractivity contribution in [1.82, 2.24) is 4.98 Å². The molecule has 5 rings (SSSR count). The van der Waals surface area contributed by atoms with Crippen LogP contribution in [0.1, 0.15) is 42.9 Å². The molecule has 0 aliphatic heterocycles. The number of aryl methyl sites for hydroxylation is 3. The minimum Gasteiger partial charge on any atom is -0.496 e. The molecule has 2 amide bonds. The number of anilines is 2. The summed E-state index contributed by atoms with van der Waals surface area (Å²) in [4.78, 5) is 30.6. The molecular weight excluding hydrogens is 556 g/mol. The Bertz CT molecular complexity index is 1640. The lowest BCUT2D eigenvalue weighted by Gasteiger charge is -2.16. The van der Waals surface area contributed by atoms with Crippen molar-refractivity contribution in [3.05, 3.63) is 89.0 Å². The van der Waals surface area contributed by atoms with Gasteiger partial charge in [0.2, 0.25) is 11.8 Å². The van der Waals surface area contributed by atoms with Gasteiger partial charge in [-0.05, 0) is 110 Å². The zero-order chi connectivity index (χ0) is 29.9. The fourth-order valence-electron chi connectivity index (χ4n) is 5.12. The van der Waals surface area contributed by atoms with Crippen LogP contribution in [0, 0.1) is 17.0 Å². The van der Waals surface area contributed by atoms with Crippen molar-refractivity contribution < 1.29 is 23.1 Å². The number of amides is 2. The van der Waals surface area contributed by atoms with E-state index in [9.17, 15) is 14.0 Å². The Morgan fingerprint density at radius 2 is 1.55 bits per heavy atom. The molecule has 0 saturated heterocycles. The van der Waals surface area contributed by atoms with Gasteiger partial charge in [-0.2, -0.15) is 0 Å². The Hall–Kier alpha value is -3.98. The second-order valence-corrected chi connectivity index (χ2v) is 11.4. The van der Waals surface area contributed by atoms with Crippen LogP contribution in [-0.4, -0.2) is 30.2 Å². The summed E-state index contributed by atoms with van der Waals surface area (Å²) in [6.07, 6.45) is 5.70. The molecule has 1 aliphatic carbocycles. The lowest BCUT2D eigenvalue weighted by Crippen LogP contribution is -2.35. The molecule has 3 aromatic carbocycles. The van der Waals surface area contributed by atoms with Gasteiger partial charge in [-0.15, -0.1) is 11.8 Å². The van der Waals surface area contributed by atoms with Crippen molar-refractivity contribution in [3.63, 3.8) is 0 Å². The third-order valence-corrected chi connectivity index (χ3v) is 8.32. The summed E-state index contributed by atoms with van der Waals surface area (Å²) in [5.41, 5.74) is 3.07. The van der Waals surface area contributed by atoms with Crippen molar-refractivity contribution in [3.8, 4) is 5.75 Å². The molecule has 1 aliphatic rings. The molecule has 0 atom stereocenters. The number of ether oxygens (including phenoxy) is 1. The molecule has 1 heterocycles. The third-order valence-electron chi connectivity index (χ3n) is 7.70. The Kier molecular flexibility index (Phi) is 8.77. The van der Waals surface area contributed by atoms with Gasteiger partial charge in [0.05, 0.1) is 17.7 Å². The Labute approximate surface area is 248 Å². The van der Waals surface area contributed by atoms with Crippen LogP contribution in [0.15, 0.2) is 65.7 Å². The number of nitrogens with zero attached hydrogens (tertiary/aromatic N) is 1. The number of rotatable bonds is 11. The van der Waals surface area contributed by atoms with Crippen LogP contribution >= 0.6 is 11.8 Å². The minimum absolute atomic E-state index is 0.286. The maximum absolute atomic E-state index is 15.2. The molecule has 0 spiro atoms. The second-order valence-electron chi connectivity index (χ2n) is 10.6. The number of halogens is 2. The van der Waals surface area contributed by atoms with E-state index in [0.717, 1.165) is 45.6 Å². The molecule has 0 radical (unpaired) electrons. The molecule has 1 fully saturated rings. The fraction of sp³-hybridized carbons (Fsp3) is 0.303. The summed E-state index contributed by atoms with van der Waals surface area (Å²) in [7, 11) is 1.67. The lowest BCUT2D eigenvalue weighted by atomic mass is 9.98. The first-order valence-electron chi connectivity index (χ1n) is 14.0. The van der Waals surface area contributed by atoms with E-state index in [1.165, 1.54) is 30.3 Å². The summed E-state index contributed by atoms with van der Waals surface area (Å²) in [5.74, 6) is -0.970. The average Bonchev–Trinajstić information content (AvgIpc) is 3.80. The highest BCUT2D eigenvalue weighted by atomic mass is 32.2. The van der Waals surface area contributed by atoms with E-state index in [-0.39, 0.29) is 5.69 Å². The number of fused-ring (bicyclic) bond motifs is 1. The average molecular weight is 590 g/mol. The van der Waals surface area contributed by atoms with Crippen molar-refractivity contribution in [2.75, 3.05) is 24.0 Å². The molecular formula is C33H33F2N3O3S. The van der Waals surface area contributed by atoms with E-state index in [2.05, 4.69) is 23.6 Å². The van der Waals surface area contributed by atoms with Gasteiger partial charge in [0.1, 0.15) is 22.8 Å². The molecule has 1 saturated carbocycles. The molecule has 2 N–H and O–H groups in total. The van der Waals surface area contributed by atoms with E-state index >= 15 is 4.39 Å². The first-order valence-corrected chi connectivity index (χ1v) is 15.2. The zero-order valence-corrected chi connectivity index (χ0v) is 24.7. The maximum atomic E-state index is 15.2. The van der Waals surface area contributed by atoms with E-state index in [1.807, 2.05) is 18.4 Å². The monoisotopic (exact) mass is 589 g/mol. The third kappa shape index (κ3) is 6.26. The molecule has 6 nitrogen and oxygen atoms in total. The van der Waals surface area contributed by atoms with E-state index in [1.54, 1.807) is 31.0 Å². The number of hydrogen-bond acceptors (Lipinski definition) is 5. The number of hydrogen-bond donors (Lipinski definition) is 2. The summed E-state index contributed by atoms with van der Waals surface area (Å²) in [6, 6.07) is 16.1. The molecule has 9 heteroatoms. The molecule has 1 aromatic heterocycles. The highest BCUT2D eigenvalue weighted by Crippen LogP contribution is 2.47. The number of carbonyl (C=O) groups is 2. The van der Waals surface area contributed by atoms with Crippen LogP contribution in [0.25, 0.3) is 10.9 Å². The maximum Gasteiger partial charge on any atom is 0.240 e. The number of pyridine rings is 1. The smallest absolute Gasteiger partial charge is 0.240 e. The van der Waals surface area contributed by atoms with Crippen LogP contribution in [0.5, 0.6) is 5.75 Å². The number of carbonyl (C=O) groups excluding carboxylic acids is 2. The van der Waals surface area contributed by atoms with Gasteiger partial charge < -0.3 is 15.4 Å². The quantitative estimate of drug-likeness (QED) is 0.141. The molecule has 0 bridgehead atoms. The Balaban J connectivity index is 1.29. The zero-order valence-electron chi connectivity index (χ0n) is 23.9. The first kappa shape index (κ1) is 29.5. The topological polar surface area (TPSA) is 80.3 Å². The van der Waals surface area contributed by atoms with Crippen molar-refractivity contribution >= 4 is 45.9 Å². The fourth-order valence-corrected chi connectivity index (χ4v) is 5.57. The van der Waals surface area contributed by atoms with E-state index < -0.39 is 28.9 Å². The summed E-state index contributed by atoms with van der Waals surface area (Å²) in [5, 5.41) is 7.27. The minimum atomic E-state index is -1.22. The standard InChI is InChI=1S/C33H33F2N3O3S/c1-4-5-22-16-28-26(19-29(22)41-2)21(17-30(38-28)42-3)7-6-20-8-11-25(18-27(20)35)37-32(40)33(14-15-33)31(39)36-24-12-9-23(34)10-13-24/h8-13,16-19H,4-7,14-15H2,1-3H3,(H,36,39)(H,37,40). The molecule has 0 unspecified atom stereocenters. The van der Waals surface area contributed by atoms with Gasteiger partial charge in [-0.25, -0.2) is 13.8 Å².